The van der Waals surface area contributed by atoms with Crippen LogP contribution in [-0.2, 0) is 42.6 Å². The lowest BCUT2D eigenvalue weighted by atomic mass is 9.32. The minimum Gasteiger partial charge on any atom is -0.396 e. The molecule has 0 radical (unpaired) electrons. The van der Waals surface area contributed by atoms with Crippen molar-refractivity contribution < 1.29 is 119 Å². The van der Waals surface area contributed by atoms with Crippen LogP contribution in [0.15, 0.2) is 11.6 Å². The predicted octanol–water partition coefficient (Wildman–Crippen LogP) is -2.97. The molecule has 31 atom stereocenters. The molecule has 0 amide bonds. The monoisotopic (exact) mass is 1140 g/mol. The van der Waals surface area contributed by atoms with Crippen molar-refractivity contribution in [3.63, 3.8) is 0 Å². The number of rotatable bonds is 14. The fraction of sp³-hybridized carbons (Fsp3) is 0.964. The van der Waals surface area contributed by atoms with Gasteiger partial charge in [-0.05, 0) is 91.8 Å². The second kappa shape index (κ2) is 22.9. The quantitative estimate of drug-likeness (QED) is 0.0610. The van der Waals surface area contributed by atoms with Crippen molar-refractivity contribution in [3.8, 4) is 0 Å². The van der Waals surface area contributed by atoms with E-state index in [0.29, 0.717) is 25.7 Å². The summed E-state index contributed by atoms with van der Waals surface area (Å²) in [6.07, 6.45) is -29.0. The number of fused-ring (bicyclic) bond motifs is 7. The van der Waals surface area contributed by atoms with Gasteiger partial charge in [0.05, 0.1) is 57.5 Å². The molecule has 0 aromatic rings. The lowest BCUT2D eigenvalue weighted by Crippen LogP contribution is -2.70. The zero-order valence-electron chi connectivity index (χ0n) is 46.7. The van der Waals surface area contributed by atoms with E-state index in [1.165, 1.54) is 12.5 Å². The van der Waals surface area contributed by atoms with Crippen molar-refractivity contribution in [2.45, 2.75) is 241 Å². The number of methoxy groups -OCH3 is 1. The van der Waals surface area contributed by atoms with Crippen LogP contribution in [0.1, 0.15) is 99.8 Å². The number of allylic oxidation sites excluding steroid dienone is 1. The summed E-state index contributed by atoms with van der Waals surface area (Å²) in [6.45, 7) is 12.2. The largest absolute Gasteiger partial charge is 0.396 e. The smallest absolute Gasteiger partial charge is 0.187 e. The van der Waals surface area contributed by atoms with Crippen molar-refractivity contribution in [3.05, 3.63) is 11.6 Å². The third-order valence-electron chi connectivity index (χ3n) is 21.9. The second-order valence-corrected chi connectivity index (χ2v) is 26.7. The third kappa shape index (κ3) is 10.1. The molecule has 0 aromatic heterocycles. The first-order chi connectivity index (χ1) is 37.1. The summed E-state index contributed by atoms with van der Waals surface area (Å²) in [4.78, 5) is 0. The van der Waals surface area contributed by atoms with E-state index in [4.69, 9.17) is 42.6 Å². The highest BCUT2D eigenvalue weighted by molar-refractivity contribution is 5.37. The van der Waals surface area contributed by atoms with Gasteiger partial charge in [-0.2, -0.15) is 0 Å². The molecule has 79 heavy (non-hydrogen) atoms. The normalized spacial score (nSPS) is 55.6. The molecule has 0 spiro atoms. The maximum Gasteiger partial charge on any atom is 0.187 e. The van der Waals surface area contributed by atoms with Gasteiger partial charge < -0.3 is 119 Å². The topological polar surface area (TPSA) is 387 Å². The fourth-order valence-corrected chi connectivity index (χ4v) is 16.8. The minimum atomic E-state index is -2.06. The molecular weight excluding hydrogens is 1040 g/mol. The first kappa shape index (κ1) is 62.3. The van der Waals surface area contributed by atoms with Gasteiger partial charge in [0.1, 0.15) is 91.6 Å². The van der Waals surface area contributed by atoms with Gasteiger partial charge in [0.15, 0.2) is 25.2 Å². The summed E-state index contributed by atoms with van der Waals surface area (Å²) in [6, 6.07) is 0. The van der Waals surface area contributed by atoms with Crippen molar-refractivity contribution in [2.75, 3.05) is 40.1 Å². The minimum absolute atomic E-state index is 0.00995. The SMILES string of the molecule is CO[C@@H]1C=C2[C@@H]3CC(C)(C)CC[C@]3(CO)[C@@H](O)C[C@@]2(C)[C@]2(C)CC[C@H]3[C@](C)(CO)[C@@H](O[C@@H]4O[C@H](C)[C@H](O)[C@H](O[C@@H]5O[C@H](CO[C@@H]6O[C@H](CO)[C@@H](O)[C@H](O)[C@H]6O)[C@@H](O)[C@H](O)[C@H]5O[C@@H]5O[C@H](CO)[C@@H](O)[C@H](O)[C@H]5O)[C@H]4O)CC[C@]3(C)[C@@H]12. The van der Waals surface area contributed by atoms with Crippen LogP contribution in [0.4, 0.5) is 0 Å². The van der Waals surface area contributed by atoms with Gasteiger partial charge in [-0.15, -0.1) is 0 Å². The Bertz CT molecular complexity index is 2120. The van der Waals surface area contributed by atoms with Crippen LogP contribution in [0.5, 0.6) is 0 Å². The van der Waals surface area contributed by atoms with Crippen LogP contribution >= 0.6 is 0 Å². The molecule has 4 aliphatic heterocycles. The van der Waals surface area contributed by atoms with Gasteiger partial charge >= 0.3 is 0 Å². The summed E-state index contributed by atoms with van der Waals surface area (Å²) < 4.78 is 54.6. The molecule has 4 saturated heterocycles. The van der Waals surface area contributed by atoms with E-state index in [1.54, 1.807) is 7.11 Å². The molecule has 9 rings (SSSR count). The van der Waals surface area contributed by atoms with Crippen LogP contribution < -0.4 is 0 Å². The highest BCUT2D eigenvalue weighted by Crippen LogP contribution is 2.76. The van der Waals surface area contributed by atoms with Gasteiger partial charge in [-0.25, -0.2) is 0 Å². The van der Waals surface area contributed by atoms with E-state index in [0.717, 1.165) is 25.7 Å². The maximum atomic E-state index is 12.3. The number of aliphatic hydroxyl groups excluding tert-OH is 15. The molecular formula is C55H92O24. The van der Waals surface area contributed by atoms with Crippen LogP contribution in [0.3, 0.4) is 0 Å². The zero-order chi connectivity index (χ0) is 57.9. The highest BCUT2D eigenvalue weighted by Gasteiger charge is 2.72. The zero-order valence-corrected chi connectivity index (χ0v) is 46.7. The van der Waals surface area contributed by atoms with Crippen LogP contribution in [0.25, 0.3) is 0 Å². The Kier molecular flexibility index (Phi) is 18.1. The average Bonchev–Trinajstić information content (AvgIpc) is 2.10. The summed E-state index contributed by atoms with van der Waals surface area (Å²) >= 11 is 0. The van der Waals surface area contributed by atoms with Crippen LogP contribution in [-0.4, -0.2) is 258 Å². The van der Waals surface area contributed by atoms with E-state index in [-0.39, 0.29) is 47.9 Å². The Morgan fingerprint density at radius 2 is 1.14 bits per heavy atom. The third-order valence-corrected chi connectivity index (χ3v) is 21.9. The molecule has 4 heterocycles. The summed E-state index contributed by atoms with van der Waals surface area (Å²) in [5.41, 5.74) is -1.61. The van der Waals surface area contributed by atoms with Crippen LogP contribution in [0.2, 0.25) is 0 Å². The van der Waals surface area contributed by atoms with Crippen molar-refractivity contribution in [1.82, 2.24) is 0 Å². The Balaban J connectivity index is 0.970. The number of aliphatic hydroxyl groups is 15. The molecule has 9 aliphatic rings. The van der Waals surface area contributed by atoms with Gasteiger partial charge in [0, 0.05) is 23.9 Å². The van der Waals surface area contributed by atoms with Gasteiger partial charge in [-0.1, -0.05) is 53.2 Å². The van der Waals surface area contributed by atoms with Gasteiger partial charge in [-0.3, -0.25) is 0 Å². The van der Waals surface area contributed by atoms with Crippen LogP contribution in [0, 0.1) is 50.2 Å². The second-order valence-electron chi connectivity index (χ2n) is 26.7. The van der Waals surface area contributed by atoms with E-state index in [2.05, 4.69) is 40.7 Å². The summed E-state index contributed by atoms with van der Waals surface area (Å²) in [5.74, 6) is -0.284. The Morgan fingerprint density at radius 1 is 0.557 bits per heavy atom. The Morgan fingerprint density at radius 3 is 1.75 bits per heavy atom. The van der Waals surface area contributed by atoms with Crippen molar-refractivity contribution in [2.24, 2.45) is 50.2 Å². The Hall–Kier alpha value is -1.22. The van der Waals surface area contributed by atoms with Gasteiger partial charge in [0.25, 0.3) is 0 Å². The number of hydrogen-bond donors (Lipinski definition) is 15. The molecule has 0 unspecified atom stereocenters. The Labute approximate surface area is 461 Å². The molecule has 4 saturated carbocycles. The first-order valence-corrected chi connectivity index (χ1v) is 28.4. The summed E-state index contributed by atoms with van der Waals surface area (Å²) in [7, 11) is 1.73. The first-order valence-electron chi connectivity index (χ1n) is 28.4. The highest BCUT2D eigenvalue weighted by atomic mass is 16.8. The standard InChI is InChI=1S/C55H92O24/c1-23-33(61)43(78-49-44(79-47-41(69)38(66)35(63)28(19-57)75-47)39(67)36(64)29(76-49)20-72-46-40(68)37(65)34(62)27(18-56)74-46)42(70)48(73-23)77-32-10-11-51(4)30(52(32,5)21-58)9-12-53(6)45(51)26(71-8)15-24-25-16-50(2,3)13-14-55(25,22-59)31(60)17-54(24,53)7/h15,23,25-49,56-70H,9-14,16-22H2,1-8H3/t23-,25+,26-,27-,28-,29-,30-,31+,32+,33+,34-,35-,36-,37+,38+,39+,40-,41-,42-,43+,44-,45-,46-,47+,48+,49+,51+,52+,53-,54-,55-/m1/s1. The van der Waals surface area contributed by atoms with Gasteiger partial charge in [0.2, 0.25) is 0 Å². The van der Waals surface area contributed by atoms with Crippen molar-refractivity contribution in [1.29, 1.82) is 0 Å². The predicted molar refractivity (Wildman–Crippen MR) is 270 cm³/mol. The molecule has 15 N–H and O–H groups in total. The number of hydrogen-bond acceptors (Lipinski definition) is 24. The molecule has 5 aliphatic carbocycles. The van der Waals surface area contributed by atoms with Crippen molar-refractivity contribution >= 4 is 0 Å². The lowest BCUT2D eigenvalue weighted by molar-refractivity contribution is -0.394. The number of ether oxygens (including phenoxy) is 9. The molecule has 8 fully saturated rings. The molecule has 0 bridgehead atoms. The molecule has 24 heteroatoms. The lowest BCUT2D eigenvalue weighted by Gasteiger charge is -2.73. The molecule has 456 valence electrons. The van der Waals surface area contributed by atoms with E-state index < -0.39 is 177 Å². The molecule has 0 aromatic carbocycles. The summed E-state index contributed by atoms with van der Waals surface area (Å²) in [5, 5.41) is 165. The van der Waals surface area contributed by atoms with E-state index >= 15 is 0 Å². The fourth-order valence-electron chi connectivity index (χ4n) is 16.8. The van der Waals surface area contributed by atoms with E-state index in [1.807, 2.05) is 6.92 Å². The average molecular weight is 1140 g/mol. The molecule has 24 nitrogen and oxygen atoms in total. The van der Waals surface area contributed by atoms with E-state index in [9.17, 15) is 76.6 Å². The maximum absolute atomic E-state index is 12.3.